The molecule has 0 bridgehead atoms. The smallest absolute Gasteiger partial charge is 0.274 e. The minimum Gasteiger partial charge on any atom is -0.388 e. The Bertz CT molecular complexity index is 655. The number of hydrogen-bond donors (Lipinski definition) is 1. The highest BCUT2D eigenvalue weighted by molar-refractivity contribution is 6.30. The average molecular weight is 332 g/mol. The summed E-state index contributed by atoms with van der Waals surface area (Å²) in [4.78, 5) is 22.1. The average Bonchev–Trinajstić information content (AvgIpc) is 2.62. The number of amides is 1. The predicted octanol–water partition coefficient (Wildman–Crippen LogP) is 2.72. The van der Waals surface area contributed by atoms with Crippen LogP contribution in [0.2, 0.25) is 5.02 Å². The van der Waals surface area contributed by atoms with E-state index in [4.69, 9.17) is 11.6 Å². The monoisotopic (exact) mass is 331 g/mol. The van der Waals surface area contributed by atoms with Gasteiger partial charge in [-0.2, -0.15) is 0 Å². The second-order valence-corrected chi connectivity index (χ2v) is 6.15. The summed E-state index contributed by atoms with van der Waals surface area (Å²) in [6.45, 7) is 1.23. The molecule has 120 valence electrons. The molecule has 1 aliphatic rings. The molecule has 1 aliphatic heterocycles. The first-order valence-electron chi connectivity index (χ1n) is 7.64. The number of rotatable bonds is 3. The second-order valence-electron chi connectivity index (χ2n) is 5.72. The van der Waals surface area contributed by atoms with Gasteiger partial charge in [0.15, 0.2) is 0 Å². The van der Waals surface area contributed by atoms with Crippen molar-refractivity contribution in [3.63, 3.8) is 0 Å². The Hall–Kier alpha value is -1.98. The van der Waals surface area contributed by atoms with Crippen LogP contribution in [-0.2, 0) is 0 Å². The fraction of sp³-hybridized carbons (Fsp3) is 0.353. The van der Waals surface area contributed by atoms with Gasteiger partial charge in [-0.05, 0) is 36.5 Å². The van der Waals surface area contributed by atoms with E-state index < -0.39 is 6.10 Å². The van der Waals surface area contributed by atoms with E-state index in [-0.39, 0.29) is 11.8 Å². The molecule has 6 heteroatoms. The summed E-state index contributed by atoms with van der Waals surface area (Å²) in [5, 5.41) is 11.2. The summed E-state index contributed by atoms with van der Waals surface area (Å²) >= 11 is 5.88. The zero-order valence-electron chi connectivity index (χ0n) is 12.6. The molecule has 1 atom stereocenters. The molecule has 3 rings (SSSR count). The zero-order chi connectivity index (χ0) is 16.2. The summed E-state index contributed by atoms with van der Waals surface area (Å²) < 4.78 is 0. The van der Waals surface area contributed by atoms with Crippen molar-refractivity contribution in [2.75, 3.05) is 13.1 Å². The maximum atomic E-state index is 12.3. The number of carbonyl (C=O) groups excluding carboxylic acids is 1. The molecular weight excluding hydrogens is 314 g/mol. The molecule has 1 aromatic carbocycles. The van der Waals surface area contributed by atoms with E-state index in [0.29, 0.717) is 23.8 Å². The molecule has 2 aromatic rings. The van der Waals surface area contributed by atoms with Crippen molar-refractivity contribution in [2.45, 2.75) is 18.9 Å². The van der Waals surface area contributed by atoms with Gasteiger partial charge in [0.1, 0.15) is 5.69 Å². The number of halogens is 1. The van der Waals surface area contributed by atoms with Crippen molar-refractivity contribution in [1.29, 1.82) is 0 Å². The summed E-state index contributed by atoms with van der Waals surface area (Å²) in [5.41, 5.74) is 1.23. The number of nitrogens with zero attached hydrogens (tertiary/aromatic N) is 3. The second kappa shape index (κ2) is 7.06. The minimum atomic E-state index is -0.527. The van der Waals surface area contributed by atoms with Gasteiger partial charge in [0.25, 0.3) is 5.91 Å². The zero-order valence-corrected chi connectivity index (χ0v) is 13.4. The van der Waals surface area contributed by atoms with Gasteiger partial charge in [-0.15, -0.1) is 0 Å². The molecule has 0 spiro atoms. The first-order valence-corrected chi connectivity index (χ1v) is 8.02. The third kappa shape index (κ3) is 3.68. The van der Waals surface area contributed by atoms with E-state index in [0.717, 1.165) is 18.4 Å². The quantitative estimate of drug-likeness (QED) is 0.939. The standard InChI is InChI=1S/C17H18ClN3O2/c18-14-3-1-12(2-4-14)16(22)13-5-9-21(10-6-13)17(23)15-11-19-7-8-20-15/h1-4,7-8,11,13,16,22H,5-6,9-10H2. The van der Waals surface area contributed by atoms with Crippen molar-refractivity contribution < 1.29 is 9.90 Å². The Morgan fingerprint density at radius 1 is 1.22 bits per heavy atom. The van der Waals surface area contributed by atoms with Gasteiger partial charge in [0, 0.05) is 30.5 Å². The van der Waals surface area contributed by atoms with Gasteiger partial charge in [0.2, 0.25) is 0 Å². The fourth-order valence-corrected chi connectivity index (χ4v) is 3.05. The van der Waals surface area contributed by atoms with Gasteiger partial charge >= 0.3 is 0 Å². The Balaban J connectivity index is 1.60. The van der Waals surface area contributed by atoms with Crippen molar-refractivity contribution in [2.24, 2.45) is 5.92 Å². The third-order valence-electron chi connectivity index (χ3n) is 4.27. The maximum Gasteiger partial charge on any atom is 0.274 e. The molecule has 1 fully saturated rings. The summed E-state index contributed by atoms with van der Waals surface area (Å²) in [6, 6.07) is 7.27. The molecule has 0 radical (unpaired) electrons. The SMILES string of the molecule is O=C(c1cnccn1)N1CCC(C(O)c2ccc(Cl)cc2)CC1. The molecule has 1 unspecified atom stereocenters. The van der Waals surface area contributed by atoms with Crippen LogP contribution in [0, 0.1) is 5.92 Å². The number of hydrogen-bond acceptors (Lipinski definition) is 4. The maximum absolute atomic E-state index is 12.3. The Labute approximate surface area is 139 Å². The van der Waals surface area contributed by atoms with Gasteiger partial charge < -0.3 is 10.0 Å². The normalized spacial score (nSPS) is 17.0. The first kappa shape index (κ1) is 15.9. The molecule has 23 heavy (non-hydrogen) atoms. The van der Waals surface area contributed by atoms with E-state index in [2.05, 4.69) is 9.97 Å². The Kier molecular flexibility index (Phi) is 4.88. The largest absolute Gasteiger partial charge is 0.388 e. The molecular formula is C17H18ClN3O2. The van der Waals surface area contributed by atoms with E-state index >= 15 is 0 Å². The van der Waals surface area contributed by atoms with Gasteiger partial charge in [-0.1, -0.05) is 23.7 Å². The summed E-state index contributed by atoms with van der Waals surface area (Å²) in [7, 11) is 0. The third-order valence-corrected chi connectivity index (χ3v) is 4.52. The molecule has 1 aromatic heterocycles. The molecule has 5 nitrogen and oxygen atoms in total. The number of aliphatic hydroxyl groups excluding tert-OH is 1. The van der Waals surface area contributed by atoms with Crippen LogP contribution in [0.15, 0.2) is 42.9 Å². The first-order chi connectivity index (χ1) is 11.1. The van der Waals surface area contributed by atoms with Crippen LogP contribution in [0.1, 0.15) is 35.0 Å². The predicted molar refractivity (Wildman–Crippen MR) is 87.1 cm³/mol. The van der Waals surface area contributed by atoms with Crippen LogP contribution in [0.4, 0.5) is 0 Å². The van der Waals surface area contributed by atoms with Crippen molar-refractivity contribution >= 4 is 17.5 Å². The lowest BCUT2D eigenvalue weighted by Gasteiger charge is -2.34. The number of aromatic nitrogens is 2. The van der Waals surface area contributed by atoms with E-state index in [9.17, 15) is 9.90 Å². The molecule has 0 aliphatic carbocycles. The highest BCUT2D eigenvalue weighted by Gasteiger charge is 2.29. The van der Waals surface area contributed by atoms with Gasteiger partial charge in [0.05, 0.1) is 12.3 Å². The van der Waals surface area contributed by atoms with Crippen LogP contribution in [0.5, 0.6) is 0 Å². The highest BCUT2D eigenvalue weighted by Crippen LogP contribution is 2.31. The molecule has 1 amide bonds. The van der Waals surface area contributed by atoms with Gasteiger partial charge in [-0.3, -0.25) is 9.78 Å². The topological polar surface area (TPSA) is 66.3 Å². The van der Waals surface area contributed by atoms with Crippen molar-refractivity contribution in [1.82, 2.24) is 14.9 Å². The highest BCUT2D eigenvalue weighted by atomic mass is 35.5. The van der Waals surface area contributed by atoms with Gasteiger partial charge in [-0.25, -0.2) is 4.98 Å². The Morgan fingerprint density at radius 2 is 1.91 bits per heavy atom. The molecule has 0 saturated carbocycles. The van der Waals surface area contributed by atoms with Crippen LogP contribution >= 0.6 is 11.6 Å². The van der Waals surface area contributed by atoms with Crippen LogP contribution in [0.25, 0.3) is 0 Å². The van der Waals surface area contributed by atoms with Crippen LogP contribution < -0.4 is 0 Å². The number of carbonyl (C=O) groups is 1. The van der Waals surface area contributed by atoms with E-state index in [1.54, 1.807) is 23.2 Å². The van der Waals surface area contributed by atoms with Crippen molar-refractivity contribution in [3.8, 4) is 0 Å². The molecule has 1 N–H and O–H groups in total. The molecule has 1 saturated heterocycles. The van der Waals surface area contributed by atoms with Crippen molar-refractivity contribution in [3.05, 3.63) is 59.1 Å². The lowest BCUT2D eigenvalue weighted by atomic mass is 9.87. The lowest BCUT2D eigenvalue weighted by molar-refractivity contribution is 0.0458. The number of benzene rings is 1. The summed E-state index contributed by atoms with van der Waals surface area (Å²) in [6.07, 6.45) is 5.54. The van der Waals surface area contributed by atoms with E-state index in [1.165, 1.54) is 12.4 Å². The number of piperidine rings is 1. The number of likely N-dealkylation sites (tertiary alicyclic amines) is 1. The molecule has 2 heterocycles. The van der Waals surface area contributed by atoms with Crippen LogP contribution in [0.3, 0.4) is 0 Å². The Morgan fingerprint density at radius 3 is 2.52 bits per heavy atom. The lowest BCUT2D eigenvalue weighted by Crippen LogP contribution is -2.40. The van der Waals surface area contributed by atoms with E-state index in [1.807, 2.05) is 12.1 Å². The summed E-state index contributed by atoms with van der Waals surface area (Å²) in [5.74, 6) is 0.0413. The van der Waals surface area contributed by atoms with Crippen LogP contribution in [-0.4, -0.2) is 39.0 Å². The fourth-order valence-electron chi connectivity index (χ4n) is 2.92. The minimum absolute atomic E-state index is 0.0995. The number of aliphatic hydroxyl groups is 1.